The van der Waals surface area contributed by atoms with E-state index in [9.17, 15) is 5.11 Å². The zero-order valence-electron chi connectivity index (χ0n) is 11.1. The third-order valence-corrected chi connectivity index (χ3v) is 3.75. The Hall–Kier alpha value is -1.58. The van der Waals surface area contributed by atoms with Crippen LogP contribution in [0.2, 0.25) is 0 Å². The molecule has 0 aromatic heterocycles. The Bertz CT molecular complexity index is 564. The monoisotopic (exact) mass is 257 g/mol. The molecule has 19 heavy (non-hydrogen) atoms. The summed E-state index contributed by atoms with van der Waals surface area (Å²) in [4.78, 5) is 2.13. The highest BCUT2D eigenvalue weighted by Gasteiger charge is 2.27. The number of likely N-dealkylation sites (tertiary alicyclic amines) is 1. The van der Waals surface area contributed by atoms with Gasteiger partial charge in [-0.15, -0.1) is 0 Å². The summed E-state index contributed by atoms with van der Waals surface area (Å²) in [6.07, 6.45) is 0.334. The van der Waals surface area contributed by atoms with Crippen molar-refractivity contribution in [2.75, 3.05) is 20.1 Å². The second kappa shape index (κ2) is 5.19. The second-order valence-electron chi connectivity index (χ2n) is 5.25. The molecule has 1 saturated heterocycles. The molecule has 0 amide bonds. The molecule has 2 atom stereocenters. The minimum atomic E-state index is -0.419. The van der Waals surface area contributed by atoms with Crippen LogP contribution < -0.4 is 4.74 Å². The van der Waals surface area contributed by atoms with Crippen molar-refractivity contribution in [2.24, 2.45) is 0 Å². The van der Waals surface area contributed by atoms with Crippen LogP contribution in [0.1, 0.15) is 6.42 Å². The fourth-order valence-electron chi connectivity index (χ4n) is 2.67. The van der Waals surface area contributed by atoms with Crippen molar-refractivity contribution in [3.8, 4) is 5.75 Å². The first-order valence-electron chi connectivity index (χ1n) is 6.75. The molecule has 0 aliphatic carbocycles. The number of aliphatic hydroxyl groups is 1. The number of piperidine rings is 1. The highest BCUT2D eigenvalue weighted by Crippen LogP contribution is 2.27. The predicted molar refractivity (Wildman–Crippen MR) is 76.5 cm³/mol. The fraction of sp³-hybridized carbons (Fsp3) is 0.375. The minimum absolute atomic E-state index is 0.109. The van der Waals surface area contributed by atoms with Gasteiger partial charge in [0.25, 0.3) is 0 Å². The molecule has 1 fully saturated rings. The number of β-amino-alcohol motifs (C(OH)–C–C–N with tert-alkyl or cyclic N) is 1. The lowest BCUT2D eigenvalue weighted by molar-refractivity contribution is -0.0175. The topological polar surface area (TPSA) is 32.7 Å². The summed E-state index contributed by atoms with van der Waals surface area (Å²) < 4.78 is 6.05. The van der Waals surface area contributed by atoms with Gasteiger partial charge in [-0.25, -0.2) is 0 Å². The van der Waals surface area contributed by atoms with E-state index in [2.05, 4.69) is 23.1 Å². The van der Waals surface area contributed by atoms with Gasteiger partial charge in [-0.3, -0.25) is 0 Å². The van der Waals surface area contributed by atoms with Gasteiger partial charge in [0.15, 0.2) is 0 Å². The van der Waals surface area contributed by atoms with Crippen molar-refractivity contribution in [3.05, 3.63) is 42.5 Å². The summed E-state index contributed by atoms with van der Waals surface area (Å²) in [6, 6.07) is 14.2. The largest absolute Gasteiger partial charge is 0.487 e. The molecule has 100 valence electrons. The lowest BCUT2D eigenvalue weighted by atomic mass is 10.0. The zero-order valence-corrected chi connectivity index (χ0v) is 11.1. The summed E-state index contributed by atoms with van der Waals surface area (Å²) in [6.45, 7) is 1.64. The summed E-state index contributed by atoms with van der Waals surface area (Å²) in [7, 11) is 2.03. The maximum atomic E-state index is 10.1. The highest BCUT2D eigenvalue weighted by molar-refractivity contribution is 5.88. The number of aliphatic hydroxyl groups excluding tert-OH is 1. The minimum Gasteiger partial charge on any atom is -0.487 e. The van der Waals surface area contributed by atoms with Crippen molar-refractivity contribution in [2.45, 2.75) is 18.6 Å². The Morgan fingerprint density at radius 3 is 2.79 bits per heavy atom. The molecule has 2 aromatic carbocycles. The van der Waals surface area contributed by atoms with Crippen LogP contribution >= 0.6 is 0 Å². The zero-order chi connectivity index (χ0) is 13.2. The van der Waals surface area contributed by atoms with Crippen LogP contribution in [0.25, 0.3) is 10.8 Å². The van der Waals surface area contributed by atoms with Gasteiger partial charge in [0, 0.05) is 18.5 Å². The third kappa shape index (κ3) is 2.57. The average Bonchev–Trinajstić information content (AvgIpc) is 2.42. The van der Waals surface area contributed by atoms with Crippen LogP contribution in [0.15, 0.2) is 42.5 Å². The van der Waals surface area contributed by atoms with Crippen LogP contribution in [-0.4, -0.2) is 42.4 Å². The van der Waals surface area contributed by atoms with E-state index in [-0.39, 0.29) is 6.10 Å². The van der Waals surface area contributed by atoms with E-state index in [4.69, 9.17) is 4.74 Å². The van der Waals surface area contributed by atoms with Crippen molar-refractivity contribution < 1.29 is 9.84 Å². The second-order valence-corrected chi connectivity index (χ2v) is 5.25. The van der Waals surface area contributed by atoms with Gasteiger partial charge in [-0.2, -0.15) is 0 Å². The fourth-order valence-corrected chi connectivity index (χ4v) is 2.67. The number of benzene rings is 2. The number of ether oxygens (including phenoxy) is 1. The quantitative estimate of drug-likeness (QED) is 0.896. The van der Waals surface area contributed by atoms with Gasteiger partial charge in [-0.1, -0.05) is 36.4 Å². The molecule has 3 rings (SSSR count). The predicted octanol–water partition coefficient (Wildman–Crippen LogP) is 2.28. The van der Waals surface area contributed by atoms with E-state index in [0.717, 1.165) is 24.1 Å². The van der Waals surface area contributed by atoms with Crippen LogP contribution in [0.3, 0.4) is 0 Å². The molecule has 0 spiro atoms. The normalized spacial score (nSPS) is 24.5. The summed E-state index contributed by atoms with van der Waals surface area (Å²) in [5, 5.41) is 12.4. The number of hydrogen-bond acceptors (Lipinski definition) is 3. The first kappa shape index (κ1) is 12.5. The molecule has 2 aromatic rings. The molecule has 1 aliphatic heterocycles. The van der Waals surface area contributed by atoms with Gasteiger partial charge < -0.3 is 14.7 Å². The van der Waals surface area contributed by atoms with Crippen molar-refractivity contribution in [3.63, 3.8) is 0 Å². The SMILES string of the molecule is CN1CC[C@@H](Oc2cccc3ccccc23)[C@H](O)C1. The average molecular weight is 257 g/mol. The lowest BCUT2D eigenvalue weighted by Crippen LogP contribution is -2.47. The Labute approximate surface area is 113 Å². The van der Waals surface area contributed by atoms with Crippen molar-refractivity contribution >= 4 is 10.8 Å². The maximum absolute atomic E-state index is 10.1. The smallest absolute Gasteiger partial charge is 0.127 e. The summed E-state index contributed by atoms with van der Waals surface area (Å²) >= 11 is 0. The van der Waals surface area contributed by atoms with Gasteiger partial charge in [0.05, 0.1) is 0 Å². The lowest BCUT2D eigenvalue weighted by Gasteiger charge is -2.33. The van der Waals surface area contributed by atoms with Gasteiger partial charge in [0.2, 0.25) is 0 Å². The molecule has 1 N–H and O–H groups in total. The molecule has 1 heterocycles. The number of likely N-dealkylation sites (N-methyl/N-ethyl adjacent to an activating group) is 1. The van der Waals surface area contributed by atoms with E-state index in [1.807, 2.05) is 31.3 Å². The van der Waals surface area contributed by atoms with E-state index in [1.165, 1.54) is 5.39 Å². The van der Waals surface area contributed by atoms with E-state index in [1.54, 1.807) is 0 Å². The van der Waals surface area contributed by atoms with Gasteiger partial charge in [0.1, 0.15) is 18.0 Å². The van der Waals surface area contributed by atoms with Crippen LogP contribution in [0.4, 0.5) is 0 Å². The Balaban J connectivity index is 1.85. The number of nitrogens with zero attached hydrogens (tertiary/aromatic N) is 1. The van der Waals surface area contributed by atoms with Crippen molar-refractivity contribution in [1.29, 1.82) is 0 Å². The Morgan fingerprint density at radius 2 is 1.95 bits per heavy atom. The van der Waals surface area contributed by atoms with E-state index in [0.29, 0.717) is 6.54 Å². The first-order chi connectivity index (χ1) is 9.24. The van der Waals surface area contributed by atoms with Crippen LogP contribution in [0, 0.1) is 0 Å². The van der Waals surface area contributed by atoms with Crippen LogP contribution in [-0.2, 0) is 0 Å². The third-order valence-electron chi connectivity index (χ3n) is 3.75. The van der Waals surface area contributed by atoms with E-state index >= 15 is 0 Å². The molecule has 0 saturated carbocycles. The molecule has 0 bridgehead atoms. The molecule has 3 heteroatoms. The molecule has 0 unspecified atom stereocenters. The van der Waals surface area contributed by atoms with Crippen LogP contribution in [0.5, 0.6) is 5.75 Å². The Kier molecular flexibility index (Phi) is 3.40. The maximum Gasteiger partial charge on any atom is 0.127 e. The molecule has 3 nitrogen and oxygen atoms in total. The van der Waals surface area contributed by atoms with Gasteiger partial charge in [-0.05, 0) is 24.9 Å². The standard InChI is InChI=1S/C16H19NO2/c1-17-10-9-16(14(18)11-17)19-15-8-4-6-12-5-2-3-7-13(12)15/h2-8,14,16,18H,9-11H2,1H3/t14-,16-/m1/s1. The van der Waals surface area contributed by atoms with Gasteiger partial charge >= 0.3 is 0 Å². The van der Waals surface area contributed by atoms with Crippen molar-refractivity contribution in [1.82, 2.24) is 4.90 Å². The Morgan fingerprint density at radius 1 is 1.16 bits per heavy atom. The summed E-state index contributed by atoms with van der Waals surface area (Å²) in [5.41, 5.74) is 0. The molecular formula is C16H19NO2. The first-order valence-corrected chi connectivity index (χ1v) is 6.75. The highest BCUT2D eigenvalue weighted by atomic mass is 16.5. The number of rotatable bonds is 2. The number of hydrogen-bond donors (Lipinski definition) is 1. The molecular weight excluding hydrogens is 238 g/mol. The summed E-state index contributed by atoms with van der Waals surface area (Å²) in [5.74, 6) is 0.867. The van der Waals surface area contributed by atoms with E-state index < -0.39 is 6.10 Å². The number of fused-ring (bicyclic) bond motifs is 1. The molecule has 1 aliphatic rings. The molecule has 0 radical (unpaired) electrons.